The van der Waals surface area contributed by atoms with Crippen molar-refractivity contribution in [2.45, 2.75) is 20.5 Å². The van der Waals surface area contributed by atoms with Crippen LogP contribution in [-0.4, -0.2) is 41.4 Å². The summed E-state index contributed by atoms with van der Waals surface area (Å²) in [6.45, 7) is 4.76. The van der Waals surface area contributed by atoms with Crippen molar-refractivity contribution in [3.63, 3.8) is 0 Å². The van der Waals surface area contributed by atoms with Crippen molar-refractivity contribution in [2.75, 3.05) is 25.0 Å². The summed E-state index contributed by atoms with van der Waals surface area (Å²) in [5, 5.41) is 5.22. The molecule has 2 amide bonds. The summed E-state index contributed by atoms with van der Waals surface area (Å²) in [7, 11) is 0. The minimum atomic E-state index is -0.272. The maximum atomic E-state index is 12.7. The zero-order chi connectivity index (χ0) is 22.1. The van der Waals surface area contributed by atoms with E-state index < -0.39 is 0 Å². The lowest BCUT2D eigenvalue weighted by Gasteiger charge is -2.23. The van der Waals surface area contributed by atoms with Crippen LogP contribution in [0.4, 0.5) is 5.13 Å². The maximum absolute atomic E-state index is 12.7. The van der Waals surface area contributed by atoms with Gasteiger partial charge in [-0.3, -0.25) is 9.59 Å². The van der Waals surface area contributed by atoms with Crippen molar-refractivity contribution in [1.82, 2.24) is 9.88 Å². The Bertz CT molecular complexity index is 974. The minimum Gasteiger partial charge on any atom is -0.367 e. The van der Waals surface area contributed by atoms with Crippen LogP contribution < -0.4 is 5.32 Å². The highest BCUT2D eigenvalue weighted by Crippen LogP contribution is 2.24. The molecule has 0 aliphatic heterocycles. The molecular formula is C24H27N3O3S. The summed E-state index contributed by atoms with van der Waals surface area (Å²) in [6, 6.07) is 19.5. The quantitative estimate of drug-likeness (QED) is 0.509. The number of hydrogen-bond donors (Lipinski definition) is 1. The molecule has 0 radical (unpaired) electrons. The van der Waals surface area contributed by atoms with Crippen molar-refractivity contribution < 1.29 is 14.3 Å². The standard InChI is InChI=1S/C24H27N3O3S/c1-18(2)13-27(23(29)16-30-15-19-9-5-3-6-10-19)14-22(28)26-24-25-21(17-31-24)20-11-7-4-8-12-20/h3-12,17-18H,13-16H2,1-2H3,(H,25,26,28). The van der Waals surface area contributed by atoms with Gasteiger partial charge in [0.05, 0.1) is 12.3 Å². The molecule has 0 unspecified atom stereocenters. The Kier molecular flexibility index (Phi) is 8.32. The smallest absolute Gasteiger partial charge is 0.249 e. The van der Waals surface area contributed by atoms with Gasteiger partial charge < -0.3 is 15.0 Å². The Morgan fingerprint density at radius 3 is 2.42 bits per heavy atom. The topological polar surface area (TPSA) is 71.5 Å². The lowest BCUT2D eigenvalue weighted by molar-refractivity contribution is -0.139. The first-order valence-electron chi connectivity index (χ1n) is 10.2. The van der Waals surface area contributed by atoms with Crippen LogP contribution in [-0.2, 0) is 20.9 Å². The van der Waals surface area contributed by atoms with E-state index in [-0.39, 0.29) is 30.9 Å². The lowest BCUT2D eigenvalue weighted by atomic mass is 10.2. The van der Waals surface area contributed by atoms with Gasteiger partial charge in [-0.1, -0.05) is 74.5 Å². The second kappa shape index (κ2) is 11.4. The fraction of sp³-hybridized carbons (Fsp3) is 0.292. The summed E-state index contributed by atoms with van der Waals surface area (Å²) in [4.78, 5) is 31.2. The van der Waals surface area contributed by atoms with Gasteiger partial charge in [0.25, 0.3) is 0 Å². The molecule has 1 N–H and O–H groups in total. The van der Waals surface area contributed by atoms with Gasteiger partial charge in [-0.05, 0) is 11.5 Å². The third-order valence-electron chi connectivity index (χ3n) is 4.43. The SMILES string of the molecule is CC(C)CN(CC(=O)Nc1nc(-c2ccccc2)cs1)C(=O)COCc1ccccc1. The van der Waals surface area contributed by atoms with Crippen molar-refractivity contribution in [3.8, 4) is 11.3 Å². The second-order valence-electron chi connectivity index (χ2n) is 7.60. The van der Waals surface area contributed by atoms with Crippen LogP contribution in [0.3, 0.4) is 0 Å². The average molecular weight is 438 g/mol. The first kappa shape index (κ1) is 22.7. The molecular weight excluding hydrogens is 410 g/mol. The highest BCUT2D eigenvalue weighted by Gasteiger charge is 2.19. The molecule has 0 fully saturated rings. The van der Waals surface area contributed by atoms with E-state index in [1.54, 1.807) is 0 Å². The number of benzene rings is 2. The molecule has 1 heterocycles. The Balaban J connectivity index is 1.54. The summed E-state index contributed by atoms with van der Waals surface area (Å²) in [5.74, 6) is -0.245. The van der Waals surface area contributed by atoms with Crippen LogP contribution >= 0.6 is 11.3 Å². The van der Waals surface area contributed by atoms with Gasteiger partial charge in [0.2, 0.25) is 11.8 Å². The van der Waals surface area contributed by atoms with Gasteiger partial charge in [0.15, 0.2) is 5.13 Å². The summed E-state index contributed by atoms with van der Waals surface area (Å²) < 4.78 is 5.56. The Morgan fingerprint density at radius 2 is 1.74 bits per heavy atom. The Hall–Kier alpha value is -3.03. The van der Waals surface area contributed by atoms with Crippen molar-refractivity contribution in [3.05, 3.63) is 71.6 Å². The zero-order valence-electron chi connectivity index (χ0n) is 17.8. The molecule has 7 heteroatoms. The molecule has 3 rings (SSSR count). The molecule has 2 aromatic carbocycles. The molecule has 6 nitrogen and oxygen atoms in total. The summed E-state index contributed by atoms with van der Waals surface area (Å²) >= 11 is 1.36. The predicted molar refractivity (Wildman–Crippen MR) is 124 cm³/mol. The van der Waals surface area contributed by atoms with Crippen LogP contribution in [0.15, 0.2) is 66.0 Å². The molecule has 0 spiro atoms. The average Bonchev–Trinajstić information content (AvgIpc) is 3.22. The Morgan fingerprint density at radius 1 is 1.06 bits per heavy atom. The van der Waals surface area contributed by atoms with Crippen molar-refractivity contribution in [1.29, 1.82) is 0 Å². The highest BCUT2D eigenvalue weighted by molar-refractivity contribution is 7.14. The molecule has 162 valence electrons. The molecule has 31 heavy (non-hydrogen) atoms. The van der Waals surface area contributed by atoms with Crippen molar-refractivity contribution >= 4 is 28.3 Å². The van der Waals surface area contributed by atoms with E-state index in [1.165, 1.54) is 16.2 Å². The van der Waals surface area contributed by atoms with Gasteiger partial charge in [0, 0.05) is 17.5 Å². The van der Waals surface area contributed by atoms with Crippen LogP contribution in [0.2, 0.25) is 0 Å². The van der Waals surface area contributed by atoms with Gasteiger partial charge >= 0.3 is 0 Å². The molecule has 0 atom stereocenters. The molecule has 0 aliphatic rings. The van der Waals surface area contributed by atoms with E-state index in [1.807, 2.05) is 79.9 Å². The lowest BCUT2D eigenvalue weighted by Crippen LogP contribution is -2.42. The fourth-order valence-electron chi connectivity index (χ4n) is 3.02. The fourth-order valence-corrected chi connectivity index (χ4v) is 3.76. The first-order valence-corrected chi connectivity index (χ1v) is 11.1. The molecule has 0 saturated carbocycles. The molecule has 0 saturated heterocycles. The van der Waals surface area contributed by atoms with E-state index in [4.69, 9.17) is 4.74 Å². The van der Waals surface area contributed by atoms with Gasteiger partial charge in [0.1, 0.15) is 13.2 Å². The normalized spacial score (nSPS) is 10.8. The second-order valence-corrected chi connectivity index (χ2v) is 8.46. The van der Waals surface area contributed by atoms with Gasteiger partial charge in [-0.25, -0.2) is 4.98 Å². The highest BCUT2D eigenvalue weighted by atomic mass is 32.1. The van der Waals surface area contributed by atoms with Crippen LogP contribution in [0, 0.1) is 5.92 Å². The number of amides is 2. The number of thiazole rings is 1. The van der Waals surface area contributed by atoms with Crippen LogP contribution in [0.5, 0.6) is 0 Å². The summed E-state index contributed by atoms with van der Waals surface area (Å²) in [5.41, 5.74) is 2.80. The van der Waals surface area contributed by atoms with E-state index in [9.17, 15) is 9.59 Å². The number of ether oxygens (including phenoxy) is 1. The molecule has 1 aromatic heterocycles. The number of aromatic nitrogens is 1. The minimum absolute atomic E-state index is 0.0358. The number of hydrogen-bond acceptors (Lipinski definition) is 5. The van der Waals surface area contributed by atoms with Crippen molar-refractivity contribution in [2.24, 2.45) is 5.92 Å². The molecule has 0 bridgehead atoms. The number of anilines is 1. The summed E-state index contributed by atoms with van der Waals surface area (Å²) in [6.07, 6.45) is 0. The van der Waals surface area contributed by atoms with Gasteiger partial charge in [-0.15, -0.1) is 11.3 Å². The van der Waals surface area contributed by atoms with Crippen LogP contribution in [0.25, 0.3) is 11.3 Å². The number of nitrogens with one attached hydrogen (secondary N) is 1. The number of rotatable bonds is 10. The monoisotopic (exact) mass is 437 g/mol. The van der Waals surface area contributed by atoms with E-state index >= 15 is 0 Å². The maximum Gasteiger partial charge on any atom is 0.249 e. The molecule has 0 aliphatic carbocycles. The third-order valence-corrected chi connectivity index (χ3v) is 5.19. The van der Waals surface area contributed by atoms with E-state index in [0.29, 0.717) is 18.3 Å². The van der Waals surface area contributed by atoms with E-state index in [0.717, 1.165) is 16.8 Å². The third kappa shape index (κ3) is 7.31. The Labute approximate surface area is 186 Å². The van der Waals surface area contributed by atoms with Gasteiger partial charge in [-0.2, -0.15) is 0 Å². The van der Waals surface area contributed by atoms with E-state index in [2.05, 4.69) is 10.3 Å². The van der Waals surface area contributed by atoms with Crippen LogP contribution in [0.1, 0.15) is 19.4 Å². The number of carbonyl (C=O) groups excluding carboxylic acids is 2. The largest absolute Gasteiger partial charge is 0.367 e. The number of nitrogens with zero attached hydrogens (tertiary/aromatic N) is 2. The first-order chi connectivity index (χ1) is 15.0. The predicted octanol–water partition coefficient (Wildman–Crippen LogP) is 4.45. The number of carbonyl (C=O) groups is 2. The molecule has 3 aromatic rings. The zero-order valence-corrected chi connectivity index (χ0v) is 18.6.